The zero-order valence-electron chi connectivity index (χ0n) is 18.9. The SMILES string of the molecule is COc1cnc(NC(=O)N2CCC(=Cc3cccc(Oc4ncc(C)cn4)c3)C(C)C2)cn1. The van der Waals surface area contributed by atoms with E-state index in [1.165, 1.54) is 25.1 Å². The molecule has 1 fully saturated rings. The average Bonchev–Trinajstić information content (AvgIpc) is 2.82. The van der Waals surface area contributed by atoms with Crippen molar-refractivity contribution in [1.29, 1.82) is 0 Å². The van der Waals surface area contributed by atoms with Gasteiger partial charge in [-0.25, -0.2) is 24.7 Å². The van der Waals surface area contributed by atoms with Crippen LogP contribution in [0.1, 0.15) is 24.5 Å². The van der Waals surface area contributed by atoms with Crippen molar-refractivity contribution < 1.29 is 14.3 Å². The lowest BCUT2D eigenvalue weighted by molar-refractivity contribution is 0.197. The van der Waals surface area contributed by atoms with Gasteiger partial charge in [-0.05, 0) is 42.5 Å². The summed E-state index contributed by atoms with van der Waals surface area (Å²) in [5.74, 6) is 1.69. The van der Waals surface area contributed by atoms with E-state index in [1.54, 1.807) is 17.3 Å². The number of aromatic nitrogens is 4. The summed E-state index contributed by atoms with van der Waals surface area (Å²) in [7, 11) is 1.52. The predicted octanol–water partition coefficient (Wildman–Crippen LogP) is 4.33. The Kier molecular flexibility index (Phi) is 6.77. The van der Waals surface area contributed by atoms with Gasteiger partial charge in [-0.3, -0.25) is 5.32 Å². The molecule has 0 spiro atoms. The maximum Gasteiger partial charge on any atom is 0.323 e. The van der Waals surface area contributed by atoms with Crippen LogP contribution < -0.4 is 14.8 Å². The second-order valence-electron chi connectivity index (χ2n) is 7.91. The predicted molar refractivity (Wildman–Crippen MR) is 124 cm³/mol. The first-order chi connectivity index (χ1) is 16.0. The monoisotopic (exact) mass is 446 g/mol. The molecule has 9 nitrogen and oxygen atoms in total. The molecule has 0 saturated carbocycles. The molecule has 2 aromatic heterocycles. The van der Waals surface area contributed by atoms with Gasteiger partial charge < -0.3 is 14.4 Å². The van der Waals surface area contributed by atoms with Crippen molar-refractivity contribution in [3.8, 4) is 17.6 Å². The molecular formula is C24H26N6O3. The van der Waals surface area contributed by atoms with Crippen LogP contribution in [0.25, 0.3) is 6.08 Å². The molecule has 1 aromatic carbocycles. The highest BCUT2D eigenvalue weighted by molar-refractivity contribution is 5.88. The number of ether oxygens (including phenoxy) is 2. The van der Waals surface area contributed by atoms with Crippen molar-refractivity contribution in [2.75, 3.05) is 25.5 Å². The van der Waals surface area contributed by atoms with Crippen LogP contribution in [-0.2, 0) is 0 Å². The lowest BCUT2D eigenvalue weighted by Gasteiger charge is -2.33. The van der Waals surface area contributed by atoms with E-state index in [1.807, 2.05) is 31.2 Å². The summed E-state index contributed by atoms with van der Waals surface area (Å²) in [6, 6.07) is 7.95. The molecule has 1 aliphatic heterocycles. The van der Waals surface area contributed by atoms with Crippen molar-refractivity contribution in [1.82, 2.24) is 24.8 Å². The van der Waals surface area contributed by atoms with E-state index in [0.29, 0.717) is 36.5 Å². The summed E-state index contributed by atoms with van der Waals surface area (Å²) in [4.78, 5) is 31.0. The van der Waals surface area contributed by atoms with Crippen molar-refractivity contribution >= 4 is 17.9 Å². The Morgan fingerprint density at radius 3 is 2.67 bits per heavy atom. The number of hydrogen-bond donors (Lipinski definition) is 1. The number of urea groups is 1. The van der Waals surface area contributed by atoms with E-state index in [0.717, 1.165) is 17.5 Å². The highest BCUT2D eigenvalue weighted by Crippen LogP contribution is 2.27. The Morgan fingerprint density at radius 1 is 1.15 bits per heavy atom. The van der Waals surface area contributed by atoms with E-state index in [-0.39, 0.29) is 11.9 Å². The molecule has 1 aliphatic rings. The summed E-state index contributed by atoms with van der Waals surface area (Å²) in [6.45, 7) is 5.30. The molecule has 33 heavy (non-hydrogen) atoms. The topological polar surface area (TPSA) is 102 Å². The number of nitrogens with zero attached hydrogens (tertiary/aromatic N) is 5. The van der Waals surface area contributed by atoms with Crippen molar-refractivity contribution in [3.05, 3.63) is 65.8 Å². The standard InChI is InChI=1S/C24H26N6O3/c1-16-11-27-23(28-12-16)33-20-6-4-5-18(10-20)9-19-7-8-30(15-17(19)2)24(31)29-21-13-26-22(32-3)14-25-21/h4-6,9-14,17H,7-8,15H2,1-3H3,(H,25,29,31). The number of piperidine rings is 1. The number of anilines is 1. The molecule has 9 heteroatoms. The zero-order valence-corrected chi connectivity index (χ0v) is 18.9. The minimum atomic E-state index is -0.186. The van der Waals surface area contributed by atoms with Gasteiger partial charge in [-0.15, -0.1) is 0 Å². The van der Waals surface area contributed by atoms with E-state index >= 15 is 0 Å². The number of benzene rings is 1. The normalized spacial score (nSPS) is 17.0. The molecule has 0 bridgehead atoms. The summed E-state index contributed by atoms with van der Waals surface area (Å²) >= 11 is 0. The maximum atomic E-state index is 12.6. The zero-order chi connectivity index (χ0) is 23.2. The van der Waals surface area contributed by atoms with Crippen molar-refractivity contribution in [2.24, 2.45) is 5.92 Å². The Hall–Kier alpha value is -4.01. The third kappa shape index (κ3) is 5.82. The van der Waals surface area contributed by atoms with Gasteiger partial charge in [-0.1, -0.05) is 30.7 Å². The summed E-state index contributed by atoms with van der Waals surface area (Å²) < 4.78 is 10.8. The minimum Gasteiger partial charge on any atom is -0.480 e. The molecule has 4 rings (SSSR count). The second kappa shape index (κ2) is 10.1. The molecule has 1 atom stereocenters. The van der Waals surface area contributed by atoms with Gasteiger partial charge in [0.05, 0.1) is 19.5 Å². The Labute approximate surface area is 192 Å². The Balaban J connectivity index is 1.37. The fourth-order valence-corrected chi connectivity index (χ4v) is 3.54. The first-order valence-corrected chi connectivity index (χ1v) is 10.7. The van der Waals surface area contributed by atoms with Gasteiger partial charge in [0.25, 0.3) is 0 Å². The Morgan fingerprint density at radius 2 is 1.97 bits per heavy atom. The molecule has 0 aliphatic carbocycles. The lowest BCUT2D eigenvalue weighted by Crippen LogP contribution is -2.42. The molecule has 3 aromatic rings. The van der Waals surface area contributed by atoms with Crippen LogP contribution in [0.5, 0.6) is 17.6 Å². The van der Waals surface area contributed by atoms with Crippen LogP contribution in [-0.4, -0.2) is 51.1 Å². The van der Waals surface area contributed by atoms with Crippen LogP contribution in [0.2, 0.25) is 0 Å². The smallest absolute Gasteiger partial charge is 0.323 e. The van der Waals surface area contributed by atoms with Gasteiger partial charge in [0.2, 0.25) is 5.88 Å². The van der Waals surface area contributed by atoms with Crippen LogP contribution in [0.15, 0.2) is 54.6 Å². The number of carbonyl (C=O) groups is 1. The molecule has 1 N–H and O–H groups in total. The van der Waals surface area contributed by atoms with Gasteiger partial charge in [0.15, 0.2) is 5.82 Å². The molecule has 0 radical (unpaired) electrons. The number of amides is 2. The van der Waals surface area contributed by atoms with Gasteiger partial charge in [-0.2, -0.15) is 0 Å². The molecule has 1 saturated heterocycles. The number of aryl methyl sites for hydroxylation is 1. The summed E-state index contributed by atoms with van der Waals surface area (Å²) in [5.41, 5.74) is 3.30. The molecular weight excluding hydrogens is 420 g/mol. The number of rotatable bonds is 5. The lowest BCUT2D eigenvalue weighted by atomic mass is 9.91. The number of methoxy groups -OCH3 is 1. The molecule has 2 amide bonds. The van der Waals surface area contributed by atoms with Gasteiger partial charge >= 0.3 is 12.0 Å². The second-order valence-corrected chi connectivity index (χ2v) is 7.91. The molecule has 3 heterocycles. The number of hydrogen-bond acceptors (Lipinski definition) is 7. The van der Waals surface area contributed by atoms with Crippen LogP contribution >= 0.6 is 0 Å². The fraction of sp³-hybridized carbons (Fsp3) is 0.292. The van der Waals surface area contributed by atoms with E-state index in [4.69, 9.17) is 9.47 Å². The quantitative estimate of drug-likeness (QED) is 0.622. The number of carbonyl (C=O) groups excluding carboxylic acids is 1. The van der Waals surface area contributed by atoms with Crippen LogP contribution in [0.4, 0.5) is 10.6 Å². The molecule has 1 unspecified atom stereocenters. The van der Waals surface area contributed by atoms with E-state index < -0.39 is 0 Å². The minimum absolute atomic E-state index is 0.186. The third-order valence-electron chi connectivity index (χ3n) is 5.33. The van der Waals surface area contributed by atoms with Gasteiger partial charge in [0.1, 0.15) is 5.75 Å². The van der Waals surface area contributed by atoms with E-state index in [9.17, 15) is 4.79 Å². The van der Waals surface area contributed by atoms with Crippen molar-refractivity contribution in [2.45, 2.75) is 20.3 Å². The van der Waals surface area contributed by atoms with Crippen molar-refractivity contribution in [3.63, 3.8) is 0 Å². The number of likely N-dealkylation sites (tertiary alicyclic amines) is 1. The van der Waals surface area contributed by atoms with Crippen LogP contribution in [0.3, 0.4) is 0 Å². The largest absolute Gasteiger partial charge is 0.480 e. The first-order valence-electron chi connectivity index (χ1n) is 10.7. The average molecular weight is 447 g/mol. The highest BCUT2D eigenvalue weighted by Gasteiger charge is 2.24. The number of nitrogens with one attached hydrogen (secondary N) is 1. The summed E-state index contributed by atoms with van der Waals surface area (Å²) in [5, 5.41) is 2.79. The molecule has 170 valence electrons. The Bertz CT molecular complexity index is 1130. The maximum absolute atomic E-state index is 12.6. The van der Waals surface area contributed by atoms with E-state index in [2.05, 4.69) is 38.3 Å². The van der Waals surface area contributed by atoms with Crippen LogP contribution in [0, 0.1) is 12.8 Å². The fourth-order valence-electron chi connectivity index (χ4n) is 3.54. The third-order valence-corrected chi connectivity index (χ3v) is 5.33. The highest BCUT2D eigenvalue weighted by atomic mass is 16.5. The summed E-state index contributed by atoms with van der Waals surface area (Å²) in [6.07, 6.45) is 9.35. The van der Waals surface area contributed by atoms with Gasteiger partial charge in [0, 0.05) is 25.5 Å². The first kappa shape index (κ1) is 22.2.